The van der Waals surface area contributed by atoms with Crippen molar-refractivity contribution in [2.45, 2.75) is 19.0 Å². The number of methoxy groups -OCH3 is 1. The molecule has 3 amide bonds. The van der Waals surface area contributed by atoms with Crippen molar-refractivity contribution in [3.8, 4) is 5.75 Å². The van der Waals surface area contributed by atoms with Crippen LogP contribution >= 0.6 is 0 Å². The minimum absolute atomic E-state index is 0.186. The van der Waals surface area contributed by atoms with Crippen LogP contribution in [0.3, 0.4) is 0 Å². The number of imide groups is 1. The van der Waals surface area contributed by atoms with E-state index in [0.717, 1.165) is 10.5 Å². The third kappa shape index (κ3) is 3.42. The number of carbonyl (C=O) groups excluding carboxylic acids is 3. The van der Waals surface area contributed by atoms with Crippen LogP contribution in [0.1, 0.15) is 5.56 Å². The molecule has 0 aromatic heterocycles. The quantitative estimate of drug-likeness (QED) is 0.782. The Morgan fingerprint density at radius 1 is 1.07 bits per heavy atom. The number of hydrogen-bond acceptors (Lipinski definition) is 7. The van der Waals surface area contributed by atoms with Crippen molar-refractivity contribution in [1.29, 1.82) is 0 Å². The molecule has 0 saturated carbocycles. The van der Waals surface area contributed by atoms with E-state index >= 15 is 0 Å². The third-order valence-corrected chi connectivity index (χ3v) is 4.83. The fraction of sp³-hybridized carbons (Fsp3) is 0.250. The lowest BCUT2D eigenvalue weighted by Crippen LogP contribution is -2.43. The summed E-state index contributed by atoms with van der Waals surface area (Å²) >= 11 is 0. The Hall–Kier alpha value is -3.75. The van der Waals surface area contributed by atoms with Crippen LogP contribution in [0.2, 0.25) is 0 Å². The monoisotopic (exact) mass is 393 g/mol. The maximum absolute atomic E-state index is 12.9. The molecule has 0 aliphatic carbocycles. The predicted octanol–water partition coefficient (Wildman–Crippen LogP) is 1.94. The van der Waals surface area contributed by atoms with Gasteiger partial charge in [0.05, 0.1) is 12.8 Å². The van der Waals surface area contributed by atoms with Gasteiger partial charge in [0, 0.05) is 5.69 Å². The minimum atomic E-state index is -0.947. The van der Waals surface area contributed by atoms with Gasteiger partial charge >= 0.3 is 0 Å². The Labute approximate surface area is 166 Å². The molecule has 4 rings (SSSR count). The normalized spacial score (nSPS) is 20.2. The van der Waals surface area contributed by atoms with E-state index in [-0.39, 0.29) is 12.5 Å². The molecule has 2 aromatic carbocycles. The van der Waals surface area contributed by atoms with Gasteiger partial charge in [0.25, 0.3) is 11.8 Å². The summed E-state index contributed by atoms with van der Waals surface area (Å²) in [5.41, 5.74) is 2.14. The van der Waals surface area contributed by atoms with Crippen molar-refractivity contribution in [1.82, 2.24) is 5.01 Å². The number of fused-ring (bicyclic) bond motifs is 1. The molecule has 2 heterocycles. The number of amides is 3. The third-order valence-electron chi connectivity index (χ3n) is 4.83. The van der Waals surface area contributed by atoms with Crippen LogP contribution in [0.4, 0.5) is 11.4 Å². The second kappa shape index (κ2) is 7.34. The molecule has 2 aliphatic rings. The zero-order valence-electron chi connectivity index (χ0n) is 15.9. The summed E-state index contributed by atoms with van der Waals surface area (Å²) in [6.45, 7) is 1.77. The first-order valence-corrected chi connectivity index (χ1v) is 9.04. The molecule has 29 heavy (non-hydrogen) atoms. The number of rotatable bonds is 5. The van der Waals surface area contributed by atoms with Gasteiger partial charge in [0.2, 0.25) is 5.91 Å². The molecule has 9 nitrogen and oxygen atoms in total. The number of ether oxygens (including phenoxy) is 1. The van der Waals surface area contributed by atoms with Crippen molar-refractivity contribution in [2.24, 2.45) is 10.3 Å². The number of carbonyl (C=O) groups is 3. The minimum Gasteiger partial charge on any atom is -0.497 e. The molecule has 9 heteroatoms. The van der Waals surface area contributed by atoms with Crippen LogP contribution in [0.5, 0.6) is 5.75 Å². The Morgan fingerprint density at radius 2 is 1.76 bits per heavy atom. The van der Waals surface area contributed by atoms with E-state index in [1.54, 1.807) is 36.4 Å². The molecule has 1 N–H and O–H groups in total. The smallest absolute Gasteiger partial charge is 0.263 e. The molecular weight excluding hydrogens is 374 g/mol. The highest BCUT2D eigenvalue weighted by molar-refractivity contribution is 6.25. The standard InChI is InChI=1S/C20H19N5O4/c1-12-3-5-13(6-4-12)21-16(26)11-24-18-17(22-23-24)19(27)25(20(18)28)14-7-9-15(29-2)10-8-14/h3-10,17-18H,11H2,1-2H3,(H,21,26)/t17-,18-/m0/s1. The van der Waals surface area contributed by atoms with Crippen LogP contribution in [0, 0.1) is 6.92 Å². The van der Waals surface area contributed by atoms with Crippen molar-refractivity contribution in [2.75, 3.05) is 23.9 Å². The summed E-state index contributed by atoms with van der Waals surface area (Å²) in [5, 5.41) is 11.8. The lowest BCUT2D eigenvalue weighted by molar-refractivity contribution is -0.123. The molecule has 0 bridgehead atoms. The SMILES string of the molecule is COc1ccc(N2C(=O)[C@H]3N=NN(CC(=O)Nc4ccc(C)cc4)[C@@H]3C2=O)cc1. The first kappa shape index (κ1) is 18.6. The molecule has 148 valence electrons. The fourth-order valence-electron chi connectivity index (χ4n) is 3.32. The average molecular weight is 393 g/mol. The van der Waals surface area contributed by atoms with E-state index in [9.17, 15) is 14.4 Å². The maximum Gasteiger partial charge on any atom is 0.263 e. The van der Waals surface area contributed by atoms with Crippen LogP contribution < -0.4 is 15.0 Å². The zero-order chi connectivity index (χ0) is 20.5. The first-order chi connectivity index (χ1) is 14.0. The lowest BCUT2D eigenvalue weighted by atomic mass is 10.1. The van der Waals surface area contributed by atoms with Gasteiger partial charge in [-0.3, -0.25) is 19.4 Å². The van der Waals surface area contributed by atoms with Gasteiger partial charge in [-0.05, 0) is 43.3 Å². The van der Waals surface area contributed by atoms with E-state index in [4.69, 9.17) is 4.74 Å². The number of benzene rings is 2. The lowest BCUT2D eigenvalue weighted by Gasteiger charge is -2.20. The number of hydrogen-bond donors (Lipinski definition) is 1. The number of nitrogens with one attached hydrogen (secondary N) is 1. The van der Waals surface area contributed by atoms with Gasteiger partial charge in [-0.1, -0.05) is 22.9 Å². The molecule has 2 aliphatic heterocycles. The second-order valence-corrected chi connectivity index (χ2v) is 6.82. The van der Waals surface area contributed by atoms with Crippen molar-refractivity contribution in [3.05, 3.63) is 54.1 Å². The van der Waals surface area contributed by atoms with Crippen molar-refractivity contribution < 1.29 is 19.1 Å². The highest BCUT2D eigenvalue weighted by Gasteiger charge is 2.55. The highest BCUT2D eigenvalue weighted by Crippen LogP contribution is 2.32. The van der Waals surface area contributed by atoms with Crippen LogP contribution in [-0.4, -0.2) is 48.5 Å². The summed E-state index contributed by atoms with van der Waals surface area (Å²) in [4.78, 5) is 39.1. The van der Waals surface area contributed by atoms with Crippen LogP contribution in [0.15, 0.2) is 58.9 Å². The van der Waals surface area contributed by atoms with Gasteiger partial charge in [0.1, 0.15) is 12.3 Å². The second-order valence-electron chi connectivity index (χ2n) is 6.82. The van der Waals surface area contributed by atoms with Crippen LogP contribution in [-0.2, 0) is 14.4 Å². The van der Waals surface area contributed by atoms with Gasteiger partial charge < -0.3 is 10.1 Å². The average Bonchev–Trinajstić information content (AvgIpc) is 3.23. The van der Waals surface area contributed by atoms with Gasteiger partial charge in [0.15, 0.2) is 12.1 Å². The molecule has 1 fully saturated rings. The number of aryl methyl sites for hydroxylation is 1. The van der Waals surface area contributed by atoms with Gasteiger partial charge in [-0.25, -0.2) is 4.90 Å². The summed E-state index contributed by atoms with van der Waals surface area (Å²) in [6, 6.07) is 12.1. The largest absolute Gasteiger partial charge is 0.497 e. The van der Waals surface area contributed by atoms with Gasteiger partial charge in [-0.2, -0.15) is 5.11 Å². The van der Waals surface area contributed by atoms with Gasteiger partial charge in [-0.15, -0.1) is 0 Å². The molecular formula is C20H19N5O4. The molecule has 2 aromatic rings. The summed E-state index contributed by atoms with van der Waals surface area (Å²) in [5.74, 6) is -0.660. The molecule has 0 unspecified atom stereocenters. The maximum atomic E-state index is 12.9. The molecule has 2 atom stereocenters. The summed E-state index contributed by atoms with van der Waals surface area (Å²) in [6.07, 6.45) is 0. The summed E-state index contributed by atoms with van der Waals surface area (Å²) < 4.78 is 5.10. The Balaban J connectivity index is 1.47. The van der Waals surface area contributed by atoms with Crippen molar-refractivity contribution in [3.63, 3.8) is 0 Å². The Bertz CT molecular complexity index is 987. The van der Waals surface area contributed by atoms with E-state index in [2.05, 4.69) is 15.7 Å². The number of nitrogens with zero attached hydrogens (tertiary/aromatic N) is 4. The zero-order valence-corrected chi connectivity index (χ0v) is 15.9. The van der Waals surface area contributed by atoms with Crippen molar-refractivity contribution >= 4 is 29.1 Å². The Kier molecular flexibility index (Phi) is 4.71. The Morgan fingerprint density at radius 3 is 2.41 bits per heavy atom. The molecule has 0 radical (unpaired) electrons. The number of anilines is 2. The summed E-state index contributed by atoms with van der Waals surface area (Å²) in [7, 11) is 1.53. The highest BCUT2D eigenvalue weighted by atomic mass is 16.5. The molecule has 0 spiro atoms. The molecule has 1 saturated heterocycles. The fourth-order valence-corrected chi connectivity index (χ4v) is 3.32. The van der Waals surface area contributed by atoms with E-state index in [1.165, 1.54) is 12.1 Å². The van der Waals surface area contributed by atoms with E-state index < -0.39 is 23.9 Å². The first-order valence-electron chi connectivity index (χ1n) is 9.04. The predicted molar refractivity (Wildman–Crippen MR) is 104 cm³/mol. The topological polar surface area (TPSA) is 104 Å². The van der Waals surface area contributed by atoms with E-state index in [1.807, 2.05) is 19.1 Å². The van der Waals surface area contributed by atoms with Crippen LogP contribution in [0.25, 0.3) is 0 Å². The van der Waals surface area contributed by atoms with E-state index in [0.29, 0.717) is 17.1 Å².